The predicted octanol–water partition coefficient (Wildman–Crippen LogP) is -1.43. The van der Waals surface area contributed by atoms with Gasteiger partial charge in [-0.3, -0.25) is 24.0 Å². The third-order valence-corrected chi connectivity index (χ3v) is 6.43. The van der Waals surface area contributed by atoms with Gasteiger partial charge in [0.2, 0.25) is 29.5 Å². The van der Waals surface area contributed by atoms with Gasteiger partial charge in [0.05, 0.1) is 18.9 Å². The summed E-state index contributed by atoms with van der Waals surface area (Å²) in [7, 11) is 0. The Bertz CT molecular complexity index is 1460. The van der Waals surface area contributed by atoms with Crippen LogP contribution in [0.4, 0.5) is 0 Å². The zero-order valence-corrected chi connectivity index (χ0v) is 22.5. The van der Waals surface area contributed by atoms with E-state index in [1.54, 1.807) is 36.5 Å². The Morgan fingerprint density at radius 2 is 1.26 bits per heavy atom. The van der Waals surface area contributed by atoms with Gasteiger partial charge in [0.1, 0.15) is 18.1 Å². The number of hydrogen-bond donors (Lipinski definition) is 8. The van der Waals surface area contributed by atoms with Crippen LogP contribution in [0.25, 0.3) is 10.9 Å². The SMILES string of the molecule is NC(=O)CC(NC(=O)C(CC(N)=O)NC(=O)C(Cc1ccccc1)NC(=O)C(N)Cc1c[nH]c2ccccc12)C(=O)O. The van der Waals surface area contributed by atoms with Gasteiger partial charge in [-0.05, 0) is 23.6 Å². The summed E-state index contributed by atoms with van der Waals surface area (Å²) in [5.41, 5.74) is 18.9. The molecule has 3 rings (SSSR count). The summed E-state index contributed by atoms with van der Waals surface area (Å²) in [4.78, 5) is 76.9. The molecule has 5 amide bonds. The van der Waals surface area contributed by atoms with Crippen molar-refractivity contribution in [3.63, 3.8) is 0 Å². The van der Waals surface area contributed by atoms with Crippen LogP contribution >= 0.6 is 0 Å². The molecule has 0 aliphatic heterocycles. The quantitative estimate of drug-likeness (QED) is 0.106. The van der Waals surface area contributed by atoms with E-state index in [-0.39, 0.29) is 12.8 Å². The second-order valence-corrected chi connectivity index (χ2v) is 9.72. The number of carboxylic acid groups (broad SMARTS) is 1. The molecule has 0 saturated heterocycles. The first kappa shape index (κ1) is 31.3. The van der Waals surface area contributed by atoms with E-state index < -0.39 is 72.5 Å². The standard InChI is InChI=1S/C28H33N7O7/c29-18(11-16-14-32-19-9-5-4-8-17(16)19)25(38)33-20(10-15-6-2-1-3-7-15)26(39)34-21(12-23(30)36)27(40)35-22(28(41)42)13-24(31)37/h1-9,14,18,20-22,32H,10-13,29H2,(H2,30,36)(H2,31,37)(H,33,38)(H,34,39)(H,35,40)(H,41,42). The number of nitrogens with two attached hydrogens (primary N) is 3. The van der Waals surface area contributed by atoms with Crippen LogP contribution in [0.1, 0.15) is 24.0 Å². The normalized spacial score (nSPS) is 13.7. The van der Waals surface area contributed by atoms with Crippen molar-refractivity contribution in [1.82, 2.24) is 20.9 Å². The summed E-state index contributed by atoms with van der Waals surface area (Å²) in [6.45, 7) is 0. The molecule has 0 aliphatic carbocycles. The minimum atomic E-state index is -1.70. The lowest BCUT2D eigenvalue weighted by molar-refractivity contribution is -0.144. The first-order valence-corrected chi connectivity index (χ1v) is 13.0. The number of hydrogen-bond acceptors (Lipinski definition) is 7. The molecule has 2 aromatic carbocycles. The number of benzene rings is 2. The Kier molecular flexibility index (Phi) is 10.7. The molecule has 3 aromatic rings. The fourth-order valence-corrected chi connectivity index (χ4v) is 4.32. The summed E-state index contributed by atoms with van der Waals surface area (Å²) >= 11 is 0. The molecular formula is C28H33N7O7. The van der Waals surface area contributed by atoms with Crippen LogP contribution in [0.5, 0.6) is 0 Å². The van der Waals surface area contributed by atoms with Crippen molar-refractivity contribution in [3.05, 3.63) is 71.9 Å². The second-order valence-electron chi connectivity index (χ2n) is 9.72. The van der Waals surface area contributed by atoms with Crippen LogP contribution in [0, 0.1) is 0 Å². The van der Waals surface area contributed by atoms with Gasteiger partial charge >= 0.3 is 5.97 Å². The van der Waals surface area contributed by atoms with Crippen molar-refractivity contribution < 1.29 is 33.9 Å². The van der Waals surface area contributed by atoms with E-state index in [4.69, 9.17) is 17.2 Å². The molecule has 0 radical (unpaired) electrons. The molecule has 0 aliphatic rings. The van der Waals surface area contributed by atoms with Crippen LogP contribution in [0.15, 0.2) is 60.8 Å². The summed E-state index contributed by atoms with van der Waals surface area (Å²) in [6, 6.07) is 10.6. The molecule has 14 nitrogen and oxygen atoms in total. The van der Waals surface area contributed by atoms with E-state index in [2.05, 4.69) is 20.9 Å². The average Bonchev–Trinajstić information content (AvgIpc) is 3.34. The van der Waals surface area contributed by atoms with E-state index in [1.165, 1.54) is 0 Å². The largest absolute Gasteiger partial charge is 0.480 e. The lowest BCUT2D eigenvalue weighted by atomic mass is 10.0. The highest BCUT2D eigenvalue weighted by atomic mass is 16.4. The molecule has 42 heavy (non-hydrogen) atoms. The van der Waals surface area contributed by atoms with Crippen LogP contribution in [-0.4, -0.2) is 69.8 Å². The number of amides is 5. The van der Waals surface area contributed by atoms with Crippen LogP contribution in [0.2, 0.25) is 0 Å². The number of primary amides is 2. The topological polar surface area (TPSA) is 253 Å². The number of nitrogens with one attached hydrogen (secondary N) is 4. The zero-order valence-electron chi connectivity index (χ0n) is 22.5. The van der Waals surface area contributed by atoms with Gasteiger partial charge in [0, 0.05) is 23.5 Å². The molecule has 222 valence electrons. The Hall–Kier alpha value is -5.24. The smallest absolute Gasteiger partial charge is 0.326 e. The number of carbonyl (C=O) groups is 6. The van der Waals surface area contributed by atoms with E-state index in [0.29, 0.717) is 5.56 Å². The highest BCUT2D eigenvalue weighted by molar-refractivity contribution is 5.97. The van der Waals surface area contributed by atoms with Crippen molar-refractivity contribution in [1.29, 1.82) is 0 Å². The molecule has 1 heterocycles. The summed E-state index contributed by atoms with van der Waals surface area (Å²) < 4.78 is 0. The summed E-state index contributed by atoms with van der Waals surface area (Å²) in [5.74, 6) is -6.09. The Morgan fingerprint density at radius 3 is 1.90 bits per heavy atom. The fourth-order valence-electron chi connectivity index (χ4n) is 4.32. The number of aliphatic carboxylic acids is 1. The third-order valence-electron chi connectivity index (χ3n) is 6.43. The van der Waals surface area contributed by atoms with Gasteiger partial charge < -0.3 is 43.2 Å². The highest BCUT2D eigenvalue weighted by Crippen LogP contribution is 2.19. The first-order chi connectivity index (χ1) is 19.9. The maximum Gasteiger partial charge on any atom is 0.326 e. The number of carboxylic acids is 1. The molecular weight excluding hydrogens is 546 g/mol. The Labute approximate surface area is 240 Å². The minimum Gasteiger partial charge on any atom is -0.480 e. The monoisotopic (exact) mass is 579 g/mol. The maximum atomic E-state index is 13.4. The van der Waals surface area contributed by atoms with Crippen LogP contribution in [0.3, 0.4) is 0 Å². The van der Waals surface area contributed by atoms with E-state index in [9.17, 15) is 33.9 Å². The highest BCUT2D eigenvalue weighted by Gasteiger charge is 2.32. The van der Waals surface area contributed by atoms with Crippen LogP contribution in [-0.2, 0) is 41.6 Å². The summed E-state index contributed by atoms with van der Waals surface area (Å²) in [6.07, 6.45) is 0.509. The molecule has 0 spiro atoms. The zero-order chi connectivity index (χ0) is 30.8. The Balaban J connectivity index is 1.78. The van der Waals surface area contributed by atoms with Crippen molar-refractivity contribution in [2.75, 3.05) is 0 Å². The maximum absolute atomic E-state index is 13.4. The van der Waals surface area contributed by atoms with Gasteiger partial charge in [-0.15, -0.1) is 0 Å². The van der Waals surface area contributed by atoms with E-state index >= 15 is 0 Å². The average molecular weight is 580 g/mol. The van der Waals surface area contributed by atoms with Gasteiger partial charge in [-0.25, -0.2) is 4.79 Å². The molecule has 0 fully saturated rings. The van der Waals surface area contributed by atoms with Gasteiger partial charge in [0.15, 0.2) is 0 Å². The number of H-pyrrole nitrogens is 1. The minimum absolute atomic E-state index is 0.00254. The number of para-hydroxylation sites is 1. The molecule has 4 atom stereocenters. The number of aromatic amines is 1. The van der Waals surface area contributed by atoms with Gasteiger partial charge in [-0.1, -0.05) is 48.5 Å². The predicted molar refractivity (Wildman–Crippen MR) is 151 cm³/mol. The van der Waals surface area contributed by atoms with E-state index in [1.807, 2.05) is 24.3 Å². The number of fused-ring (bicyclic) bond motifs is 1. The lowest BCUT2D eigenvalue weighted by Crippen LogP contribution is -2.58. The molecule has 4 unspecified atom stereocenters. The summed E-state index contributed by atoms with van der Waals surface area (Å²) in [5, 5.41) is 17.3. The Morgan fingerprint density at radius 1 is 0.714 bits per heavy atom. The van der Waals surface area contributed by atoms with Crippen molar-refractivity contribution in [3.8, 4) is 0 Å². The molecule has 1 aromatic heterocycles. The van der Waals surface area contributed by atoms with Crippen LogP contribution < -0.4 is 33.2 Å². The lowest BCUT2D eigenvalue weighted by Gasteiger charge is -2.24. The second kappa shape index (κ2) is 14.4. The van der Waals surface area contributed by atoms with Crippen molar-refractivity contribution in [2.45, 2.75) is 49.9 Å². The number of carbonyl (C=O) groups excluding carboxylic acids is 5. The van der Waals surface area contributed by atoms with Gasteiger partial charge in [-0.2, -0.15) is 0 Å². The first-order valence-electron chi connectivity index (χ1n) is 13.0. The molecule has 11 N–H and O–H groups in total. The van der Waals surface area contributed by atoms with Crippen molar-refractivity contribution >= 4 is 46.4 Å². The fraction of sp³-hybridized carbons (Fsp3) is 0.286. The molecule has 0 saturated carbocycles. The third kappa shape index (κ3) is 8.89. The number of rotatable bonds is 15. The van der Waals surface area contributed by atoms with Crippen molar-refractivity contribution in [2.24, 2.45) is 17.2 Å². The molecule has 0 bridgehead atoms. The van der Waals surface area contributed by atoms with Gasteiger partial charge in [0.25, 0.3) is 0 Å². The van der Waals surface area contributed by atoms with E-state index in [0.717, 1.165) is 16.5 Å². The number of aromatic nitrogens is 1. The molecule has 14 heteroatoms.